The first-order valence-corrected chi connectivity index (χ1v) is 6.17. The molecule has 0 spiro atoms. The van der Waals surface area contributed by atoms with Crippen LogP contribution in [0.5, 0.6) is 0 Å². The molecular formula is C12H19N5O. The second-order valence-corrected chi connectivity index (χ2v) is 5.08. The molecule has 1 aliphatic rings. The number of carbonyl (C=O) groups is 1. The summed E-state index contributed by atoms with van der Waals surface area (Å²) < 4.78 is 0. The topological polar surface area (TPSA) is 92.9 Å². The van der Waals surface area contributed by atoms with Crippen molar-refractivity contribution in [3.63, 3.8) is 0 Å². The van der Waals surface area contributed by atoms with Crippen LogP contribution in [0, 0.1) is 5.41 Å². The first-order chi connectivity index (χ1) is 8.59. The van der Waals surface area contributed by atoms with E-state index in [0.29, 0.717) is 5.82 Å². The number of hydrogen-bond donors (Lipinski definition) is 3. The normalized spacial score (nSPS) is 18.3. The summed E-state index contributed by atoms with van der Waals surface area (Å²) in [6.45, 7) is 5.25. The van der Waals surface area contributed by atoms with Gasteiger partial charge in [0.25, 0.3) is 5.91 Å². The zero-order valence-corrected chi connectivity index (χ0v) is 10.6. The lowest BCUT2D eigenvalue weighted by Gasteiger charge is -2.34. The highest BCUT2D eigenvalue weighted by molar-refractivity contribution is 5.90. The first-order valence-electron chi connectivity index (χ1n) is 6.17. The molecule has 0 atom stereocenters. The highest BCUT2D eigenvalue weighted by Crippen LogP contribution is 2.27. The maximum absolute atomic E-state index is 10.9. The van der Waals surface area contributed by atoms with Gasteiger partial charge in [0.05, 0.1) is 0 Å². The number of anilines is 1. The zero-order chi connectivity index (χ0) is 13.0. The van der Waals surface area contributed by atoms with E-state index in [4.69, 9.17) is 5.73 Å². The molecule has 1 amide bonds. The van der Waals surface area contributed by atoms with Crippen LogP contribution in [0.2, 0.25) is 0 Å². The summed E-state index contributed by atoms with van der Waals surface area (Å²) in [5, 5.41) is 14.3. The largest absolute Gasteiger partial charge is 0.368 e. The second kappa shape index (κ2) is 5.30. The van der Waals surface area contributed by atoms with Gasteiger partial charge in [0.15, 0.2) is 5.69 Å². The zero-order valence-electron chi connectivity index (χ0n) is 10.6. The Kier molecular flexibility index (Phi) is 3.76. The van der Waals surface area contributed by atoms with Crippen molar-refractivity contribution >= 4 is 11.7 Å². The molecule has 6 heteroatoms. The van der Waals surface area contributed by atoms with Gasteiger partial charge in [-0.3, -0.25) is 4.79 Å². The number of primary amides is 1. The molecule has 0 aliphatic carbocycles. The van der Waals surface area contributed by atoms with Crippen molar-refractivity contribution in [3.05, 3.63) is 17.8 Å². The third-order valence-electron chi connectivity index (χ3n) is 3.42. The molecule has 0 unspecified atom stereocenters. The van der Waals surface area contributed by atoms with Crippen molar-refractivity contribution in [2.45, 2.75) is 19.8 Å². The Bertz CT molecular complexity index is 411. The van der Waals surface area contributed by atoms with E-state index in [9.17, 15) is 4.79 Å². The predicted molar refractivity (Wildman–Crippen MR) is 69.3 cm³/mol. The number of nitrogens with zero attached hydrogens (tertiary/aromatic N) is 2. The molecule has 0 saturated carbocycles. The van der Waals surface area contributed by atoms with Crippen LogP contribution in [0.4, 0.5) is 5.82 Å². The van der Waals surface area contributed by atoms with E-state index >= 15 is 0 Å². The molecule has 0 aromatic carbocycles. The Balaban J connectivity index is 1.91. The van der Waals surface area contributed by atoms with Crippen LogP contribution in [-0.2, 0) is 0 Å². The molecule has 4 N–H and O–H groups in total. The minimum atomic E-state index is -0.556. The number of nitrogens with two attached hydrogens (primary N) is 1. The molecule has 2 heterocycles. The number of nitrogens with one attached hydrogen (secondary N) is 2. The fourth-order valence-corrected chi connectivity index (χ4v) is 2.07. The van der Waals surface area contributed by atoms with Crippen molar-refractivity contribution in [2.24, 2.45) is 11.1 Å². The lowest BCUT2D eigenvalue weighted by Crippen LogP contribution is -2.39. The number of rotatable bonds is 4. The van der Waals surface area contributed by atoms with E-state index in [2.05, 4.69) is 27.8 Å². The summed E-state index contributed by atoms with van der Waals surface area (Å²) in [4.78, 5) is 10.9. The molecule has 0 radical (unpaired) electrons. The first kappa shape index (κ1) is 12.8. The second-order valence-electron chi connectivity index (χ2n) is 5.08. The highest BCUT2D eigenvalue weighted by atomic mass is 16.1. The number of piperidine rings is 1. The van der Waals surface area contributed by atoms with E-state index in [0.717, 1.165) is 32.5 Å². The Morgan fingerprint density at radius 2 is 2.17 bits per heavy atom. The fraction of sp³-hybridized carbons (Fsp3) is 0.583. The summed E-state index contributed by atoms with van der Waals surface area (Å²) >= 11 is 0. The molecule has 98 valence electrons. The molecule has 0 bridgehead atoms. The summed E-state index contributed by atoms with van der Waals surface area (Å²) in [7, 11) is 0. The van der Waals surface area contributed by atoms with Crippen LogP contribution >= 0.6 is 0 Å². The monoisotopic (exact) mass is 249 g/mol. The summed E-state index contributed by atoms with van der Waals surface area (Å²) in [5.74, 6) is 0.124. The van der Waals surface area contributed by atoms with Gasteiger partial charge in [0.1, 0.15) is 5.82 Å². The van der Waals surface area contributed by atoms with Gasteiger partial charge in [-0.05, 0) is 43.5 Å². The van der Waals surface area contributed by atoms with Gasteiger partial charge in [-0.2, -0.15) is 0 Å². The third kappa shape index (κ3) is 3.16. The number of aromatic nitrogens is 2. The predicted octanol–water partition coefficient (Wildman–Crippen LogP) is 0.377. The number of carbonyl (C=O) groups excluding carboxylic acids is 1. The van der Waals surface area contributed by atoms with E-state index in [1.165, 1.54) is 0 Å². The van der Waals surface area contributed by atoms with Crippen LogP contribution in [0.3, 0.4) is 0 Å². The SMILES string of the molecule is CC1(CNc2ccc(C(N)=O)nn2)CCNCC1. The minimum absolute atomic E-state index is 0.189. The lowest BCUT2D eigenvalue weighted by atomic mass is 9.81. The maximum atomic E-state index is 10.9. The van der Waals surface area contributed by atoms with Crippen molar-refractivity contribution in [1.29, 1.82) is 0 Å². The quantitative estimate of drug-likeness (QED) is 0.717. The Morgan fingerprint density at radius 1 is 1.44 bits per heavy atom. The van der Waals surface area contributed by atoms with E-state index < -0.39 is 5.91 Å². The van der Waals surface area contributed by atoms with Crippen molar-refractivity contribution in [3.8, 4) is 0 Å². The Labute approximate surface area is 106 Å². The van der Waals surface area contributed by atoms with Gasteiger partial charge in [0, 0.05) is 6.54 Å². The van der Waals surface area contributed by atoms with Crippen LogP contribution in [-0.4, -0.2) is 35.7 Å². The molecule has 1 saturated heterocycles. The van der Waals surface area contributed by atoms with Gasteiger partial charge < -0.3 is 16.4 Å². The fourth-order valence-electron chi connectivity index (χ4n) is 2.07. The molecule has 1 fully saturated rings. The average Bonchev–Trinajstić information content (AvgIpc) is 2.38. The summed E-state index contributed by atoms with van der Waals surface area (Å²) in [6, 6.07) is 3.32. The smallest absolute Gasteiger partial charge is 0.269 e. The van der Waals surface area contributed by atoms with Crippen molar-refractivity contribution in [2.75, 3.05) is 25.0 Å². The molecule has 1 aliphatic heterocycles. The van der Waals surface area contributed by atoms with E-state index in [-0.39, 0.29) is 11.1 Å². The molecular weight excluding hydrogens is 230 g/mol. The van der Waals surface area contributed by atoms with Crippen LogP contribution in [0.25, 0.3) is 0 Å². The third-order valence-corrected chi connectivity index (χ3v) is 3.42. The minimum Gasteiger partial charge on any atom is -0.368 e. The van der Waals surface area contributed by atoms with Gasteiger partial charge in [0.2, 0.25) is 0 Å². The summed E-state index contributed by atoms with van der Waals surface area (Å²) in [6.07, 6.45) is 2.29. The molecule has 1 aromatic rings. The van der Waals surface area contributed by atoms with Crippen molar-refractivity contribution in [1.82, 2.24) is 15.5 Å². The molecule has 6 nitrogen and oxygen atoms in total. The van der Waals surface area contributed by atoms with Gasteiger partial charge in [-0.25, -0.2) is 0 Å². The Morgan fingerprint density at radius 3 is 2.72 bits per heavy atom. The van der Waals surface area contributed by atoms with Crippen LogP contribution in [0.15, 0.2) is 12.1 Å². The van der Waals surface area contributed by atoms with E-state index in [1.807, 2.05) is 0 Å². The number of hydrogen-bond acceptors (Lipinski definition) is 5. The van der Waals surface area contributed by atoms with Gasteiger partial charge in [-0.15, -0.1) is 10.2 Å². The maximum Gasteiger partial charge on any atom is 0.269 e. The lowest BCUT2D eigenvalue weighted by molar-refractivity contribution is 0.0994. The highest BCUT2D eigenvalue weighted by Gasteiger charge is 2.26. The summed E-state index contributed by atoms with van der Waals surface area (Å²) in [5.41, 5.74) is 5.58. The van der Waals surface area contributed by atoms with Crippen molar-refractivity contribution < 1.29 is 4.79 Å². The van der Waals surface area contributed by atoms with E-state index in [1.54, 1.807) is 12.1 Å². The molecule has 2 rings (SSSR count). The Hall–Kier alpha value is -1.69. The average molecular weight is 249 g/mol. The van der Waals surface area contributed by atoms with Crippen LogP contribution in [0.1, 0.15) is 30.3 Å². The van der Waals surface area contributed by atoms with Crippen LogP contribution < -0.4 is 16.4 Å². The van der Waals surface area contributed by atoms with Gasteiger partial charge >= 0.3 is 0 Å². The number of amides is 1. The standard InChI is InChI=1S/C12H19N5O/c1-12(4-6-14-7-5-12)8-15-10-3-2-9(11(13)18)16-17-10/h2-3,14H,4-8H2,1H3,(H2,13,18)(H,15,17). The molecule has 1 aromatic heterocycles. The van der Waals surface area contributed by atoms with Gasteiger partial charge in [-0.1, -0.05) is 6.92 Å². The molecule has 18 heavy (non-hydrogen) atoms.